The Morgan fingerprint density at radius 3 is 1.58 bits per heavy atom. The average Bonchev–Trinajstić information content (AvgIpc) is 3.16. The molecule has 4 aromatic carbocycles. The van der Waals surface area contributed by atoms with E-state index in [-0.39, 0.29) is 50.8 Å². The number of halogens is 6. The molecule has 0 atom stereocenters. The van der Waals surface area contributed by atoms with E-state index in [9.17, 15) is 51.3 Å². The molecule has 6 rings (SSSR count). The third-order valence-corrected chi connectivity index (χ3v) is 10.4. The number of phenolic OH excluding ortho intramolecular Hbond substituents is 1. The van der Waals surface area contributed by atoms with Crippen molar-refractivity contribution in [2.24, 2.45) is 11.8 Å². The lowest BCUT2D eigenvalue weighted by Gasteiger charge is -2.31. The zero-order chi connectivity index (χ0) is 45.7. The minimum absolute atomic E-state index is 0.0331. The van der Waals surface area contributed by atoms with Crippen LogP contribution < -0.4 is 24.4 Å². The van der Waals surface area contributed by atoms with Crippen molar-refractivity contribution in [3.05, 3.63) is 118 Å². The molecule has 16 heteroatoms. The summed E-state index contributed by atoms with van der Waals surface area (Å²) in [7, 11) is 2.92. The molecule has 0 saturated carbocycles. The molecule has 0 radical (unpaired) electrons. The van der Waals surface area contributed by atoms with E-state index in [2.05, 4.69) is 14.8 Å². The summed E-state index contributed by atoms with van der Waals surface area (Å²) in [5.74, 6) is -4.69. The first kappa shape index (κ1) is 44.7. The van der Waals surface area contributed by atoms with Gasteiger partial charge >= 0.3 is 12.7 Å². The molecule has 326 valence electrons. The van der Waals surface area contributed by atoms with E-state index >= 15 is 0 Å². The molecule has 0 fully saturated rings. The van der Waals surface area contributed by atoms with Gasteiger partial charge in [-0.15, -0.1) is 26.3 Å². The van der Waals surface area contributed by atoms with Gasteiger partial charge in [0.05, 0.1) is 18.3 Å². The molecule has 4 N–H and O–H groups in total. The molecule has 0 aliphatic heterocycles. The van der Waals surface area contributed by atoms with E-state index in [1.54, 1.807) is 60.7 Å². The quantitative estimate of drug-likeness (QED) is 0.0900. The van der Waals surface area contributed by atoms with Gasteiger partial charge in [0.1, 0.15) is 23.0 Å². The monoisotopic (exact) mass is 864 g/mol. The van der Waals surface area contributed by atoms with Crippen LogP contribution in [0.1, 0.15) is 61.1 Å². The van der Waals surface area contributed by atoms with Crippen LogP contribution in [0.2, 0.25) is 0 Å². The summed E-state index contributed by atoms with van der Waals surface area (Å²) in [5.41, 5.74) is 3.53. The fourth-order valence-electron chi connectivity index (χ4n) is 7.85. The van der Waals surface area contributed by atoms with Crippen LogP contribution in [-0.4, -0.2) is 53.8 Å². The Balaban J connectivity index is 1.57. The maximum atomic E-state index is 14.2. The number of aryl methyl sites for hydroxylation is 2. The molecular formula is C46H42F6N2O8. The third-order valence-electron chi connectivity index (χ3n) is 10.4. The van der Waals surface area contributed by atoms with Crippen molar-refractivity contribution in [2.45, 2.75) is 54.3 Å². The summed E-state index contributed by atoms with van der Waals surface area (Å²) in [6, 6.07) is 13.1. The molecule has 2 aliphatic carbocycles. The lowest BCUT2D eigenvalue weighted by Crippen LogP contribution is -2.22. The summed E-state index contributed by atoms with van der Waals surface area (Å²) in [6.07, 6.45) is -7.18. The molecule has 0 heterocycles. The van der Waals surface area contributed by atoms with Gasteiger partial charge in [0.15, 0.2) is 11.5 Å². The summed E-state index contributed by atoms with van der Waals surface area (Å²) in [5, 5.41) is 38.0. The second-order valence-electron chi connectivity index (χ2n) is 15.3. The molecule has 4 aromatic rings. The highest BCUT2D eigenvalue weighted by molar-refractivity contribution is 6.35. The van der Waals surface area contributed by atoms with Gasteiger partial charge in [0, 0.05) is 64.2 Å². The Morgan fingerprint density at radius 2 is 1.11 bits per heavy atom. The van der Waals surface area contributed by atoms with Crippen LogP contribution in [-0.2, 0) is 9.59 Å². The van der Waals surface area contributed by atoms with E-state index in [4.69, 9.17) is 4.74 Å². The number of carbonyl (C=O) groups is 2. The SMILES string of the molecule is COc1c2c(cc(C)c1-c1c(C)cc3c(c1O)/C(=C/Nc1ccc(OC(F)(F)F)cc1)C(=O)C(O)=C3C(C)C)C(C(C)C)=C(O)C(=O)/C2=C/N(C)c1ccc(OC(F)(F)F)cc1. The van der Waals surface area contributed by atoms with Gasteiger partial charge in [-0.25, -0.2) is 0 Å². The van der Waals surface area contributed by atoms with Gasteiger partial charge in [-0.3, -0.25) is 9.59 Å². The number of nitrogens with zero attached hydrogens (tertiary/aromatic N) is 1. The Bertz CT molecular complexity index is 2600. The molecule has 0 aromatic heterocycles. The van der Waals surface area contributed by atoms with Gasteiger partial charge in [-0.1, -0.05) is 39.8 Å². The highest BCUT2D eigenvalue weighted by Gasteiger charge is 2.39. The van der Waals surface area contributed by atoms with Crippen LogP contribution in [0.3, 0.4) is 0 Å². The van der Waals surface area contributed by atoms with Crippen molar-refractivity contribution in [2.75, 3.05) is 24.4 Å². The number of nitrogens with one attached hydrogen (secondary N) is 1. The van der Waals surface area contributed by atoms with Crippen molar-refractivity contribution < 1.29 is 65.5 Å². The first-order chi connectivity index (χ1) is 28.9. The number of hydrogen-bond donors (Lipinski definition) is 4. The number of phenols is 1. The van der Waals surface area contributed by atoms with Gasteiger partial charge in [0.25, 0.3) is 0 Å². The number of ketones is 2. The second-order valence-corrected chi connectivity index (χ2v) is 15.3. The number of fused-ring (bicyclic) bond motifs is 2. The molecule has 0 unspecified atom stereocenters. The number of carbonyl (C=O) groups excluding carboxylic acids is 2. The van der Waals surface area contributed by atoms with Crippen LogP contribution in [0.15, 0.2) is 84.6 Å². The molecular weight excluding hydrogens is 822 g/mol. The minimum Gasteiger partial charge on any atom is -0.507 e. The fraction of sp³-hybridized carbons (Fsp3) is 0.261. The van der Waals surface area contributed by atoms with Gasteiger partial charge in [0.2, 0.25) is 11.6 Å². The molecule has 2 aliphatic rings. The first-order valence-corrected chi connectivity index (χ1v) is 19.1. The second kappa shape index (κ2) is 16.6. The van der Waals surface area contributed by atoms with Crippen molar-refractivity contribution in [1.29, 1.82) is 0 Å². The number of aliphatic hydroxyl groups excluding tert-OH is 2. The number of anilines is 2. The molecule has 62 heavy (non-hydrogen) atoms. The number of alkyl halides is 6. The van der Waals surface area contributed by atoms with Crippen molar-refractivity contribution >= 4 is 45.2 Å². The van der Waals surface area contributed by atoms with Crippen LogP contribution in [0.25, 0.3) is 33.4 Å². The number of hydrogen-bond acceptors (Lipinski definition) is 10. The lowest BCUT2D eigenvalue weighted by molar-refractivity contribution is -0.275. The van der Waals surface area contributed by atoms with Crippen molar-refractivity contribution in [3.63, 3.8) is 0 Å². The summed E-state index contributed by atoms with van der Waals surface area (Å²) in [6.45, 7) is 10.6. The van der Waals surface area contributed by atoms with E-state index < -0.39 is 59.0 Å². The lowest BCUT2D eigenvalue weighted by atomic mass is 9.75. The predicted octanol–water partition coefficient (Wildman–Crippen LogP) is 11.4. The first-order valence-electron chi connectivity index (χ1n) is 19.1. The highest BCUT2D eigenvalue weighted by atomic mass is 19.4. The van der Waals surface area contributed by atoms with Crippen LogP contribution in [0.4, 0.5) is 37.7 Å². The number of methoxy groups -OCH3 is 1. The molecule has 0 spiro atoms. The summed E-state index contributed by atoms with van der Waals surface area (Å²) in [4.78, 5) is 29.6. The van der Waals surface area contributed by atoms with Gasteiger partial charge < -0.3 is 39.7 Å². The smallest absolute Gasteiger partial charge is 0.507 e. The highest BCUT2D eigenvalue weighted by Crippen LogP contribution is 2.54. The van der Waals surface area contributed by atoms with E-state index in [0.717, 1.165) is 24.3 Å². The van der Waals surface area contributed by atoms with Gasteiger partial charge in [-0.05, 0) is 96.5 Å². The Labute approximate surface area is 352 Å². The molecule has 10 nitrogen and oxygen atoms in total. The van der Waals surface area contributed by atoms with E-state index in [0.29, 0.717) is 39.1 Å². The number of allylic oxidation sites excluding steroid dienone is 4. The topological polar surface area (TPSA) is 138 Å². The van der Waals surface area contributed by atoms with Crippen LogP contribution in [0, 0.1) is 25.7 Å². The Hall–Kier alpha value is -6.84. The van der Waals surface area contributed by atoms with Crippen LogP contribution in [0.5, 0.6) is 23.0 Å². The average molecular weight is 865 g/mol. The third kappa shape index (κ3) is 8.54. The maximum absolute atomic E-state index is 14.2. The summed E-state index contributed by atoms with van der Waals surface area (Å²) < 4.78 is 91.0. The largest absolute Gasteiger partial charge is 0.573 e. The van der Waals surface area contributed by atoms with E-state index in [1.807, 2.05) is 0 Å². The molecule has 0 saturated heterocycles. The maximum Gasteiger partial charge on any atom is 0.573 e. The van der Waals surface area contributed by atoms with Gasteiger partial charge in [-0.2, -0.15) is 0 Å². The number of aliphatic hydroxyl groups is 2. The summed E-state index contributed by atoms with van der Waals surface area (Å²) >= 11 is 0. The number of aromatic hydroxyl groups is 1. The van der Waals surface area contributed by atoms with Crippen molar-refractivity contribution in [1.82, 2.24) is 0 Å². The zero-order valence-corrected chi connectivity index (χ0v) is 34.7. The number of Topliss-reactive ketones (excluding diaryl/α,β-unsaturated/α-hetero) is 2. The molecule has 0 bridgehead atoms. The minimum atomic E-state index is -4.91. The Morgan fingerprint density at radius 1 is 0.661 bits per heavy atom. The standard InChI is InChI=1S/C46H42F6N2O8/c1-21(2)33-29-17-23(5)35(41(57)37(29)31(39(55)42(33)58)19-53-25-9-13-27(14-10-25)61-45(47,48)49)36-24(6)18-30-34(22(3)4)43(59)40(56)32(38(30)44(36)60-8)20-54(7)26-11-15-28(16-12-26)62-46(50,51)52/h9-22,53,57-59H,1-8H3/b31-19-,32-20+. The normalized spacial score (nSPS) is 15.7. The Kier molecular flexibility index (Phi) is 11.9. The fourth-order valence-corrected chi connectivity index (χ4v) is 7.85. The number of benzene rings is 4. The number of rotatable bonds is 10. The van der Waals surface area contributed by atoms with E-state index in [1.165, 1.54) is 48.7 Å². The molecule has 0 amide bonds. The predicted molar refractivity (Wildman–Crippen MR) is 223 cm³/mol. The number of ether oxygens (including phenoxy) is 3. The van der Waals surface area contributed by atoms with Crippen LogP contribution >= 0.6 is 0 Å². The zero-order valence-electron chi connectivity index (χ0n) is 34.7. The van der Waals surface area contributed by atoms with Crippen molar-refractivity contribution in [3.8, 4) is 34.1 Å².